The molecule has 0 fully saturated rings. The molecule has 0 aliphatic heterocycles. The minimum atomic E-state index is 0.167. The summed E-state index contributed by atoms with van der Waals surface area (Å²) in [7, 11) is 0. The Balaban J connectivity index is 2.67. The Kier molecular flexibility index (Phi) is 4.16. The van der Waals surface area contributed by atoms with E-state index in [2.05, 4.69) is 26.2 Å². The third-order valence-corrected chi connectivity index (χ3v) is 2.41. The van der Waals surface area contributed by atoms with Gasteiger partial charge in [0, 0.05) is 12.6 Å². The van der Waals surface area contributed by atoms with Gasteiger partial charge in [-0.1, -0.05) is 0 Å². The molecule has 4 N–H and O–H groups in total. The first-order valence-corrected chi connectivity index (χ1v) is 5.21. The Morgan fingerprint density at radius 3 is 3.00 bits per heavy atom. The molecule has 78 valence electrons. The van der Waals surface area contributed by atoms with E-state index in [4.69, 9.17) is 10.8 Å². The smallest absolute Gasteiger partial charge is 0.140 e. The minimum absolute atomic E-state index is 0.167. The molecule has 0 bridgehead atoms. The van der Waals surface area contributed by atoms with Crippen LogP contribution in [0.15, 0.2) is 16.7 Å². The van der Waals surface area contributed by atoms with Crippen LogP contribution in [-0.2, 0) is 0 Å². The molecule has 0 aromatic carbocycles. The van der Waals surface area contributed by atoms with E-state index in [0.717, 1.165) is 10.3 Å². The molecule has 0 spiro atoms. The number of nitrogens with zero attached hydrogens (tertiary/aromatic N) is 1. The Hall–Kier alpha value is -0.810. The lowest BCUT2D eigenvalue weighted by atomic mass is 10.2. The summed E-state index contributed by atoms with van der Waals surface area (Å²) in [5.41, 5.74) is 6.18. The van der Waals surface area contributed by atoms with E-state index in [-0.39, 0.29) is 12.6 Å². The fraction of sp³-hybridized carbons (Fsp3) is 0.444. The Morgan fingerprint density at radius 2 is 2.43 bits per heavy atom. The van der Waals surface area contributed by atoms with Gasteiger partial charge in [-0.25, -0.2) is 4.98 Å². The lowest BCUT2D eigenvalue weighted by Gasteiger charge is -2.14. The van der Waals surface area contributed by atoms with Gasteiger partial charge in [-0.15, -0.1) is 0 Å². The van der Waals surface area contributed by atoms with E-state index in [0.29, 0.717) is 12.1 Å². The van der Waals surface area contributed by atoms with E-state index in [1.807, 2.05) is 6.92 Å². The molecular weight excluding hydrogens is 246 g/mol. The van der Waals surface area contributed by atoms with Gasteiger partial charge in [0.15, 0.2) is 0 Å². The molecule has 14 heavy (non-hydrogen) atoms. The molecule has 1 atom stereocenters. The molecular formula is C9H14BrN3O. The van der Waals surface area contributed by atoms with Crippen LogP contribution in [0.3, 0.4) is 0 Å². The zero-order chi connectivity index (χ0) is 10.6. The molecule has 0 saturated heterocycles. The topological polar surface area (TPSA) is 71.2 Å². The van der Waals surface area contributed by atoms with Crippen LogP contribution in [0.5, 0.6) is 0 Å². The molecule has 0 radical (unpaired) electrons. The van der Waals surface area contributed by atoms with Crippen LogP contribution >= 0.6 is 15.9 Å². The number of hydrogen-bond acceptors (Lipinski definition) is 4. The van der Waals surface area contributed by atoms with Crippen molar-refractivity contribution in [3.8, 4) is 0 Å². The lowest BCUT2D eigenvalue weighted by molar-refractivity contribution is 0.282. The zero-order valence-electron chi connectivity index (χ0n) is 8.00. The molecule has 1 aromatic rings. The predicted molar refractivity (Wildman–Crippen MR) is 61.1 cm³/mol. The summed E-state index contributed by atoms with van der Waals surface area (Å²) < 4.78 is 0.835. The maximum absolute atomic E-state index is 8.74. The summed E-state index contributed by atoms with van der Waals surface area (Å²) in [5, 5.41) is 11.9. The van der Waals surface area contributed by atoms with E-state index >= 15 is 0 Å². The minimum Gasteiger partial charge on any atom is -0.397 e. The van der Waals surface area contributed by atoms with Gasteiger partial charge in [0.1, 0.15) is 5.82 Å². The molecule has 4 nitrogen and oxygen atoms in total. The van der Waals surface area contributed by atoms with Crippen LogP contribution < -0.4 is 11.1 Å². The number of rotatable bonds is 4. The Morgan fingerprint density at radius 1 is 1.71 bits per heavy atom. The average molecular weight is 260 g/mol. The van der Waals surface area contributed by atoms with Crippen molar-refractivity contribution in [2.24, 2.45) is 0 Å². The van der Waals surface area contributed by atoms with Crippen molar-refractivity contribution < 1.29 is 5.11 Å². The van der Waals surface area contributed by atoms with Gasteiger partial charge in [-0.3, -0.25) is 0 Å². The summed E-state index contributed by atoms with van der Waals surface area (Å²) in [6, 6.07) is 1.98. The first kappa shape index (κ1) is 11.3. The number of pyridine rings is 1. The highest BCUT2D eigenvalue weighted by Crippen LogP contribution is 2.22. The second-order valence-corrected chi connectivity index (χ2v) is 4.01. The van der Waals surface area contributed by atoms with Gasteiger partial charge in [0.2, 0.25) is 0 Å². The fourth-order valence-corrected chi connectivity index (χ4v) is 1.54. The predicted octanol–water partition coefficient (Wildman–Crippen LogP) is 1.61. The van der Waals surface area contributed by atoms with E-state index in [9.17, 15) is 0 Å². The number of anilines is 2. The third-order valence-electron chi connectivity index (χ3n) is 1.81. The SMILES string of the molecule is CC(CCO)Nc1ncc(N)cc1Br. The second-order valence-electron chi connectivity index (χ2n) is 3.16. The standard InChI is InChI=1S/C9H14BrN3O/c1-6(2-3-14)13-9-8(10)4-7(11)5-12-9/h4-6,14H,2-3,11H2,1H3,(H,12,13). The monoisotopic (exact) mass is 259 g/mol. The molecule has 0 amide bonds. The molecule has 1 heterocycles. The molecule has 1 unspecified atom stereocenters. The quantitative estimate of drug-likeness (QED) is 0.769. The molecule has 5 heteroatoms. The highest BCUT2D eigenvalue weighted by atomic mass is 79.9. The first-order chi connectivity index (χ1) is 6.63. The van der Waals surface area contributed by atoms with Crippen molar-refractivity contribution in [1.82, 2.24) is 4.98 Å². The van der Waals surface area contributed by atoms with Crippen LogP contribution in [0.4, 0.5) is 11.5 Å². The number of hydrogen-bond donors (Lipinski definition) is 3. The van der Waals surface area contributed by atoms with Gasteiger partial charge < -0.3 is 16.2 Å². The van der Waals surface area contributed by atoms with Crippen LogP contribution in [0.1, 0.15) is 13.3 Å². The second kappa shape index (κ2) is 5.17. The third kappa shape index (κ3) is 3.16. The van der Waals surface area contributed by atoms with Crippen molar-refractivity contribution in [1.29, 1.82) is 0 Å². The highest BCUT2D eigenvalue weighted by Gasteiger charge is 2.05. The summed E-state index contributed by atoms with van der Waals surface area (Å²) in [6.45, 7) is 2.15. The summed E-state index contributed by atoms with van der Waals surface area (Å²) in [4.78, 5) is 4.14. The fourth-order valence-electron chi connectivity index (χ4n) is 1.06. The van der Waals surface area contributed by atoms with Gasteiger partial charge in [0.05, 0.1) is 16.4 Å². The largest absolute Gasteiger partial charge is 0.397 e. The number of aromatic nitrogens is 1. The van der Waals surface area contributed by atoms with Gasteiger partial charge in [0.25, 0.3) is 0 Å². The number of nitrogens with two attached hydrogens (primary N) is 1. The van der Waals surface area contributed by atoms with Crippen LogP contribution in [0.25, 0.3) is 0 Å². The molecule has 1 aromatic heterocycles. The molecule has 0 aliphatic rings. The zero-order valence-corrected chi connectivity index (χ0v) is 9.58. The summed E-state index contributed by atoms with van der Waals surface area (Å²) in [5.74, 6) is 0.750. The first-order valence-electron chi connectivity index (χ1n) is 4.42. The van der Waals surface area contributed by atoms with Crippen molar-refractivity contribution in [3.05, 3.63) is 16.7 Å². The van der Waals surface area contributed by atoms with Crippen molar-refractivity contribution in [2.45, 2.75) is 19.4 Å². The van der Waals surface area contributed by atoms with E-state index in [1.54, 1.807) is 12.3 Å². The number of aliphatic hydroxyl groups excluding tert-OH is 1. The number of nitrogens with one attached hydrogen (secondary N) is 1. The van der Waals surface area contributed by atoms with Gasteiger partial charge in [-0.2, -0.15) is 0 Å². The van der Waals surface area contributed by atoms with Crippen LogP contribution in [-0.4, -0.2) is 22.7 Å². The average Bonchev–Trinajstić information content (AvgIpc) is 2.10. The van der Waals surface area contributed by atoms with E-state index in [1.165, 1.54) is 0 Å². The van der Waals surface area contributed by atoms with E-state index < -0.39 is 0 Å². The number of halogens is 1. The lowest BCUT2D eigenvalue weighted by Crippen LogP contribution is -2.17. The Labute approximate surface area is 91.7 Å². The van der Waals surface area contributed by atoms with Gasteiger partial charge in [-0.05, 0) is 35.3 Å². The van der Waals surface area contributed by atoms with Crippen molar-refractivity contribution in [3.63, 3.8) is 0 Å². The summed E-state index contributed by atoms with van der Waals surface area (Å²) in [6.07, 6.45) is 2.29. The number of nitrogen functional groups attached to an aromatic ring is 1. The highest BCUT2D eigenvalue weighted by molar-refractivity contribution is 9.10. The molecule has 0 aliphatic carbocycles. The van der Waals surface area contributed by atoms with Crippen LogP contribution in [0, 0.1) is 0 Å². The van der Waals surface area contributed by atoms with Crippen molar-refractivity contribution >= 4 is 27.4 Å². The van der Waals surface area contributed by atoms with Gasteiger partial charge >= 0.3 is 0 Å². The van der Waals surface area contributed by atoms with Crippen molar-refractivity contribution in [2.75, 3.05) is 17.7 Å². The molecule has 0 saturated carbocycles. The number of aliphatic hydroxyl groups is 1. The normalized spacial score (nSPS) is 12.5. The summed E-state index contributed by atoms with van der Waals surface area (Å²) >= 11 is 3.36. The maximum atomic E-state index is 8.74. The Bertz CT molecular complexity index is 306. The maximum Gasteiger partial charge on any atom is 0.140 e. The molecule has 1 rings (SSSR count). The van der Waals surface area contributed by atoms with Crippen LogP contribution in [0.2, 0.25) is 0 Å².